The Labute approximate surface area is 127 Å². The maximum atomic E-state index is 5.79. The monoisotopic (exact) mass is 286 g/mol. The Bertz CT molecular complexity index is 516. The van der Waals surface area contributed by atoms with Crippen molar-refractivity contribution < 1.29 is 4.74 Å². The van der Waals surface area contributed by atoms with E-state index in [0.717, 1.165) is 24.3 Å². The highest BCUT2D eigenvalue weighted by Gasteiger charge is 2.01. The van der Waals surface area contributed by atoms with Crippen LogP contribution in [0.15, 0.2) is 36.7 Å². The van der Waals surface area contributed by atoms with Crippen molar-refractivity contribution >= 4 is 0 Å². The molecule has 0 aliphatic rings. The fourth-order valence-corrected chi connectivity index (χ4v) is 2.39. The molecule has 0 bridgehead atoms. The average Bonchev–Trinajstić information content (AvgIpc) is 2.93. The van der Waals surface area contributed by atoms with Crippen molar-refractivity contribution in [3.8, 4) is 16.9 Å². The topological polar surface area (TPSA) is 27.1 Å². The third kappa shape index (κ3) is 5.25. The van der Waals surface area contributed by atoms with Crippen LogP contribution in [0.4, 0.5) is 0 Å². The number of hydrogen-bond donors (Lipinski definition) is 0. The number of unbranched alkanes of at least 4 members (excludes halogenated alkanes) is 5. The van der Waals surface area contributed by atoms with E-state index in [-0.39, 0.29) is 0 Å². The third-order valence-corrected chi connectivity index (χ3v) is 3.66. The molecule has 0 aliphatic heterocycles. The summed E-state index contributed by atoms with van der Waals surface area (Å²) in [7, 11) is 1.93. The van der Waals surface area contributed by atoms with Gasteiger partial charge in [0.15, 0.2) is 0 Å². The summed E-state index contributed by atoms with van der Waals surface area (Å²) in [6.07, 6.45) is 11.7. The molecule has 0 aliphatic carbocycles. The number of nitrogens with zero attached hydrogens (tertiary/aromatic N) is 2. The highest BCUT2D eigenvalue weighted by molar-refractivity contribution is 5.62. The SMILES string of the molecule is CCCCCCCCOc1ccc(-c2cnn(C)c2)cc1. The smallest absolute Gasteiger partial charge is 0.119 e. The van der Waals surface area contributed by atoms with Crippen molar-refractivity contribution in [2.75, 3.05) is 6.61 Å². The summed E-state index contributed by atoms with van der Waals surface area (Å²) >= 11 is 0. The van der Waals surface area contributed by atoms with Crippen molar-refractivity contribution in [2.24, 2.45) is 7.05 Å². The fourth-order valence-electron chi connectivity index (χ4n) is 2.39. The summed E-state index contributed by atoms with van der Waals surface area (Å²) < 4.78 is 7.61. The van der Waals surface area contributed by atoms with Gasteiger partial charge in [0.2, 0.25) is 0 Å². The molecule has 2 rings (SSSR count). The van der Waals surface area contributed by atoms with E-state index >= 15 is 0 Å². The molecule has 2 aromatic rings. The van der Waals surface area contributed by atoms with E-state index in [1.807, 2.05) is 36.3 Å². The van der Waals surface area contributed by atoms with E-state index in [9.17, 15) is 0 Å². The Morgan fingerprint density at radius 2 is 1.67 bits per heavy atom. The molecule has 1 aromatic carbocycles. The first-order valence-corrected chi connectivity index (χ1v) is 8.01. The lowest BCUT2D eigenvalue weighted by Gasteiger charge is -2.06. The summed E-state index contributed by atoms with van der Waals surface area (Å²) in [5.74, 6) is 0.955. The molecule has 3 heteroatoms. The summed E-state index contributed by atoms with van der Waals surface area (Å²) in [6, 6.07) is 8.26. The molecule has 1 heterocycles. The molecule has 3 nitrogen and oxygen atoms in total. The molecule has 21 heavy (non-hydrogen) atoms. The number of rotatable bonds is 9. The molecule has 0 saturated carbocycles. The van der Waals surface area contributed by atoms with Gasteiger partial charge in [-0.05, 0) is 24.1 Å². The number of aryl methyl sites for hydroxylation is 1. The lowest BCUT2D eigenvalue weighted by Crippen LogP contribution is -1.97. The van der Waals surface area contributed by atoms with Gasteiger partial charge in [-0.1, -0.05) is 51.2 Å². The van der Waals surface area contributed by atoms with Gasteiger partial charge in [-0.15, -0.1) is 0 Å². The van der Waals surface area contributed by atoms with Gasteiger partial charge in [0.25, 0.3) is 0 Å². The molecule has 0 unspecified atom stereocenters. The van der Waals surface area contributed by atoms with Crippen molar-refractivity contribution in [2.45, 2.75) is 45.4 Å². The molecule has 0 atom stereocenters. The minimum absolute atomic E-state index is 0.818. The van der Waals surface area contributed by atoms with Gasteiger partial charge in [-0.25, -0.2) is 0 Å². The number of aromatic nitrogens is 2. The second kappa shape index (κ2) is 8.50. The minimum atomic E-state index is 0.818. The molecule has 0 fully saturated rings. The first kappa shape index (κ1) is 15.6. The summed E-state index contributed by atoms with van der Waals surface area (Å²) in [4.78, 5) is 0. The Morgan fingerprint density at radius 3 is 2.33 bits per heavy atom. The van der Waals surface area contributed by atoms with Crippen LogP contribution >= 0.6 is 0 Å². The Balaban J connectivity index is 1.70. The van der Waals surface area contributed by atoms with E-state index in [4.69, 9.17) is 4.74 Å². The number of benzene rings is 1. The predicted molar refractivity (Wildman–Crippen MR) is 87.5 cm³/mol. The van der Waals surface area contributed by atoms with E-state index in [0.29, 0.717) is 0 Å². The Kier molecular flexibility index (Phi) is 6.32. The first-order chi connectivity index (χ1) is 10.3. The average molecular weight is 286 g/mol. The van der Waals surface area contributed by atoms with Gasteiger partial charge in [-0.2, -0.15) is 5.10 Å². The number of hydrogen-bond acceptors (Lipinski definition) is 2. The largest absolute Gasteiger partial charge is 0.494 e. The van der Waals surface area contributed by atoms with E-state index in [1.54, 1.807) is 0 Å². The minimum Gasteiger partial charge on any atom is -0.494 e. The van der Waals surface area contributed by atoms with Gasteiger partial charge in [0, 0.05) is 18.8 Å². The molecule has 0 radical (unpaired) electrons. The second-order valence-electron chi connectivity index (χ2n) is 5.54. The summed E-state index contributed by atoms with van der Waals surface area (Å²) in [5.41, 5.74) is 2.31. The van der Waals surface area contributed by atoms with Crippen LogP contribution < -0.4 is 4.74 Å². The van der Waals surface area contributed by atoms with Gasteiger partial charge in [0.05, 0.1) is 12.8 Å². The van der Waals surface area contributed by atoms with Crippen molar-refractivity contribution in [1.82, 2.24) is 9.78 Å². The predicted octanol–water partition coefficient (Wildman–Crippen LogP) is 4.83. The summed E-state index contributed by atoms with van der Waals surface area (Å²) in [6.45, 7) is 3.07. The van der Waals surface area contributed by atoms with Crippen LogP contribution in [0, 0.1) is 0 Å². The van der Waals surface area contributed by atoms with Gasteiger partial charge in [0.1, 0.15) is 5.75 Å². The molecule has 0 amide bonds. The highest BCUT2D eigenvalue weighted by atomic mass is 16.5. The van der Waals surface area contributed by atoms with Crippen molar-refractivity contribution in [3.63, 3.8) is 0 Å². The first-order valence-electron chi connectivity index (χ1n) is 8.01. The summed E-state index contributed by atoms with van der Waals surface area (Å²) in [5, 5.41) is 4.19. The Morgan fingerprint density at radius 1 is 0.952 bits per heavy atom. The van der Waals surface area contributed by atoms with Gasteiger partial charge in [-0.3, -0.25) is 4.68 Å². The van der Waals surface area contributed by atoms with E-state index in [1.165, 1.54) is 37.7 Å². The molecular formula is C18H26N2O. The second-order valence-corrected chi connectivity index (χ2v) is 5.54. The van der Waals surface area contributed by atoms with Crippen LogP contribution in [0.25, 0.3) is 11.1 Å². The van der Waals surface area contributed by atoms with Crippen molar-refractivity contribution in [1.29, 1.82) is 0 Å². The van der Waals surface area contributed by atoms with Crippen molar-refractivity contribution in [3.05, 3.63) is 36.7 Å². The lowest BCUT2D eigenvalue weighted by atomic mass is 10.1. The molecule has 1 aromatic heterocycles. The van der Waals surface area contributed by atoms with Gasteiger partial charge < -0.3 is 4.74 Å². The quantitative estimate of drug-likeness (QED) is 0.617. The standard InChI is InChI=1S/C18H26N2O/c1-3-4-5-6-7-8-13-21-18-11-9-16(10-12-18)17-14-19-20(2)15-17/h9-12,14-15H,3-8,13H2,1-2H3. The van der Waals surface area contributed by atoms with Crippen LogP contribution in [-0.2, 0) is 7.05 Å². The fraction of sp³-hybridized carbons (Fsp3) is 0.500. The van der Waals surface area contributed by atoms with E-state index < -0.39 is 0 Å². The molecule has 0 N–H and O–H groups in total. The molecule has 0 spiro atoms. The third-order valence-electron chi connectivity index (χ3n) is 3.66. The van der Waals surface area contributed by atoms with Crippen LogP contribution in [-0.4, -0.2) is 16.4 Å². The molecule has 114 valence electrons. The lowest BCUT2D eigenvalue weighted by molar-refractivity contribution is 0.304. The normalized spacial score (nSPS) is 10.8. The number of ether oxygens (including phenoxy) is 1. The maximum Gasteiger partial charge on any atom is 0.119 e. The zero-order valence-electron chi connectivity index (χ0n) is 13.2. The Hall–Kier alpha value is -1.77. The van der Waals surface area contributed by atoms with Crippen LogP contribution in [0.5, 0.6) is 5.75 Å². The molecular weight excluding hydrogens is 260 g/mol. The zero-order chi connectivity index (χ0) is 14.9. The van der Waals surface area contributed by atoms with E-state index in [2.05, 4.69) is 24.2 Å². The maximum absolute atomic E-state index is 5.79. The van der Waals surface area contributed by atoms with Crippen LogP contribution in [0.2, 0.25) is 0 Å². The highest BCUT2D eigenvalue weighted by Crippen LogP contribution is 2.21. The van der Waals surface area contributed by atoms with Crippen LogP contribution in [0.1, 0.15) is 45.4 Å². The van der Waals surface area contributed by atoms with Gasteiger partial charge >= 0.3 is 0 Å². The van der Waals surface area contributed by atoms with Crippen LogP contribution in [0.3, 0.4) is 0 Å². The zero-order valence-corrected chi connectivity index (χ0v) is 13.2. The molecule has 0 saturated heterocycles.